The zero-order valence-electron chi connectivity index (χ0n) is 16.0. The number of nitrogens with zero attached hydrogens (tertiary/aromatic N) is 1. The molecule has 2 aromatic carbocycles. The van der Waals surface area contributed by atoms with Gasteiger partial charge in [0.15, 0.2) is 0 Å². The van der Waals surface area contributed by atoms with Crippen LogP contribution in [0.1, 0.15) is 35.7 Å². The van der Waals surface area contributed by atoms with Gasteiger partial charge in [-0.25, -0.2) is 0 Å². The molecule has 1 saturated heterocycles. The van der Waals surface area contributed by atoms with Gasteiger partial charge in [-0.15, -0.1) is 12.4 Å². The highest BCUT2D eigenvalue weighted by atomic mass is 35.5. The maximum Gasteiger partial charge on any atom is 0.251 e. The lowest BCUT2D eigenvalue weighted by Crippen LogP contribution is -2.41. The number of carbonyl (C=O) groups excluding carboxylic acids is 2. The van der Waals surface area contributed by atoms with Crippen molar-refractivity contribution >= 4 is 35.6 Å². The minimum absolute atomic E-state index is 0. The van der Waals surface area contributed by atoms with Crippen molar-refractivity contribution in [3.63, 3.8) is 0 Å². The second-order valence-electron chi connectivity index (χ2n) is 6.83. The molecule has 1 heterocycles. The second kappa shape index (κ2) is 10.1. The van der Waals surface area contributed by atoms with E-state index in [0.717, 1.165) is 30.0 Å². The standard InChI is InChI=1S/C21H26N4O2.ClH/c1-15(23-21(27)17-9-7-16(14-22)8-10-17)20(26)24-18-5-4-6-19(13-18)25-11-2-3-12-25;/h4-10,13,15H,2-3,11-12,14,22H2,1H3,(H,23,27)(H,24,26);1H. The van der Waals surface area contributed by atoms with E-state index in [9.17, 15) is 9.59 Å². The fourth-order valence-electron chi connectivity index (χ4n) is 3.14. The van der Waals surface area contributed by atoms with E-state index < -0.39 is 6.04 Å². The normalized spacial score (nSPS) is 14.1. The Labute approximate surface area is 171 Å². The number of nitrogens with two attached hydrogens (primary N) is 1. The summed E-state index contributed by atoms with van der Waals surface area (Å²) in [6, 6.07) is 14.2. The van der Waals surface area contributed by atoms with E-state index in [4.69, 9.17) is 5.73 Å². The molecular weight excluding hydrogens is 376 g/mol. The van der Waals surface area contributed by atoms with Crippen molar-refractivity contribution in [2.75, 3.05) is 23.3 Å². The minimum Gasteiger partial charge on any atom is -0.371 e. The van der Waals surface area contributed by atoms with E-state index in [2.05, 4.69) is 21.6 Å². The third kappa shape index (κ3) is 5.47. The lowest BCUT2D eigenvalue weighted by atomic mass is 10.1. The topological polar surface area (TPSA) is 87.5 Å². The highest BCUT2D eigenvalue weighted by Crippen LogP contribution is 2.23. The van der Waals surface area contributed by atoms with Crippen LogP contribution in [0.3, 0.4) is 0 Å². The predicted octanol–water partition coefficient (Wildman–Crippen LogP) is 2.92. The Morgan fingerprint density at radius 1 is 1.11 bits per heavy atom. The van der Waals surface area contributed by atoms with Gasteiger partial charge in [-0.3, -0.25) is 9.59 Å². The first-order valence-electron chi connectivity index (χ1n) is 9.32. The maximum atomic E-state index is 12.5. The average Bonchev–Trinajstić information content (AvgIpc) is 3.23. The van der Waals surface area contributed by atoms with Crippen LogP contribution in [0, 0.1) is 0 Å². The second-order valence-corrected chi connectivity index (χ2v) is 6.83. The van der Waals surface area contributed by atoms with Gasteiger partial charge in [0.05, 0.1) is 0 Å². The molecule has 0 spiro atoms. The van der Waals surface area contributed by atoms with E-state index >= 15 is 0 Å². The Hall–Kier alpha value is -2.57. The van der Waals surface area contributed by atoms with Crippen LogP contribution in [0.15, 0.2) is 48.5 Å². The lowest BCUT2D eigenvalue weighted by molar-refractivity contribution is -0.117. The number of hydrogen-bond donors (Lipinski definition) is 3. The van der Waals surface area contributed by atoms with Crippen molar-refractivity contribution in [1.82, 2.24) is 5.32 Å². The Morgan fingerprint density at radius 2 is 1.79 bits per heavy atom. The maximum absolute atomic E-state index is 12.5. The lowest BCUT2D eigenvalue weighted by Gasteiger charge is -2.19. The monoisotopic (exact) mass is 402 g/mol. The zero-order chi connectivity index (χ0) is 19.2. The van der Waals surface area contributed by atoms with E-state index in [1.54, 1.807) is 19.1 Å². The van der Waals surface area contributed by atoms with Crippen molar-refractivity contribution in [3.05, 3.63) is 59.7 Å². The Kier molecular flexibility index (Phi) is 7.84. The molecule has 1 unspecified atom stereocenters. The van der Waals surface area contributed by atoms with E-state index in [-0.39, 0.29) is 24.2 Å². The summed E-state index contributed by atoms with van der Waals surface area (Å²) in [6.45, 7) is 4.20. The fraction of sp³-hybridized carbons (Fsp3) is 0.333. The third-order valence-corrected chi connectivity index (χ3v) is 4.78. The van der Waals surface area contributed by atoms with Crippen molar-refractivity contribution in [2.45, 2.75) is 32.4 Å². The van der Waals surface area contributed by atoms with Crippen molar-refractivity contribution < 1.29 is 9.59 Å². The van der Waals surface area contributed by atoms with Crippen LogP contribution in [0.5, 0.6) is 0 Å². The summed E-state index contributed by atoms with van der Waals surface area (Å²) < 4.78 is 0. The van der Waals surface area contributed by atoms with Gasteiger partial charge < -0.3 is 21.3 Å². The Morgan fingerprint density at radius 3 is 2.43 bits per heavy atom. The van der Waals surface area contributed by atoms with Crippen LogP contribution >= 0.6 is 12.4 Å². The van der Waals surface area contributed by atoms with Gasteiger partial charge in [0.1, 0.15) is 6.04 Å². The fourth-order valence-corrected chi connectivity index (χ4v) is 3.14. The minimum atomic E-state index is -0.651. The molecule has 1 aliphatic rings. The van der Waals surface area contributed by atoms with Crippen LogP contribution in [0.2, 0.25) is 0 Å². The molecule has 0 radical (unpaired) electrons. The molecule has 0 aromatic heterocycles. The molecule has 0 saturated carbocycles. The molecule has 7 heteroatoms. The molecule has 2 aromatic rings. The molecule has 6 nitrogen and oxygen atoms in total. The first kappa shape index (κ1) is 21.7. The third-order valence-electron chi connectivity index (χ3n) is 4.78. The number of amides is 2. The summed E-state index contributed by atoms with van der Waals surface area (Å²) in [5.74, 6) is -0.535. The summed E-state index contributed by atoms with van der Waals surface area (Å²) in [4.78, 5) is 27.1. The van der Waals surface area contributed by atoms with Gasteiger partial charge in [0, 0.05) is 36.6 Å². The number of anilines is 2. The number of halogens is 1. The van der Waals surface area contributed by atoms with Crippen LogP contribution in [0.4, 0.5) is 11.4 Å². The number of benzene rings is 2. The number of nitrogens with one attached hydrogen (secondary N) is 2. The van der Waals surface area contributed by atoms with E-state index in [1.165, 1.54) is 12.8 Å². The van der Waals surface area contributed by atoms with E-state index in [0.29, 0.717) is 12.1 Å². The number of hydrogen-bond acceptors (Lipinski definition) is 4. The molecule has 1 atom stereocenters. The van der Waals surface area contributed by atoms with Crippen molar-refractivity contribution in [3.8, 4) is 0 Å². The van der Waals surface area contributed by atoms with Crippen LogP contribution < -0.4 is 21.3 Å². The Bertz CT molecular complexity index is 804. The van der Waals surface area contributed by atoms with Gasteiger partial charge >= 0.3 is 0 Å². The van der Waals surface area contributed by atoms with Gasteiger partial charge in [-0.1, -0.05) is 18.2 Å². The first-order chi connectivity index (χ1) is 13.1. The van der Waals surface area contributed by atoms with Crippen LogP contribution in [-0.2, 0) is 11.3 Å². The molecule has 3 rings (SSSR count). The molecule has 1 fully saturated rings. The summed E-state index contributed by atoms with van der Waals surface area (Å²) in [5.41, 5.74) is 8.87. The summed E-state index contributed by atoms with van der Waals surface area (Å²) in [6.07, 6.45) is 2.40. The van der Waals surface area contributed by atoms with Crippen molar-refractivity contribution in [1.29, 1.82) is 0 Å². The van der Waals surface area contributed by atoms with Gasteiger partial charge in [-0.2, -0.15) is 0 Å². The molecule has 2 amide bonds. The molecule has 0 bridgehead atoms. The predicted molar refractivity (Wildman–Crippen MR) is 115 cm³/mol. The summed E-state index contributed by atoms with van der Waals surface area (Å²) >= 11 is 0. The van der Waals surface area contributed by atoms with Gasteiger partial charge in [0.25, 0.3) is 5.91 Å². The molecular formula is C21H27ClN4O2. The van der Waals surface area contributed by atoms with E-state index in [1.807, 2.05) is 30.3 Å². The quantitative estimate of drug-likeness (QED) is 0.693. The zero-order valence-corrected chi connectivity index (χ0v) is 16.8. The average molecular weight is 403 g/mol. The molecule has 150 valence electrons. The highest BCUT2D eigenvalue weighted by Gasteiger charge is 2.18. The van der Waals surface area contributed by atoms with Crippen LogP contribution in [-0.4, -0.2) is 30.9 Å². The SMILES string of the molecule is CC(NC(=O)c1ccc(CN)cc1)C(=O)Nc1cccc(N2CCCC2)c1.Cl. The summed E-state index contributed by atoms with van der Waals surface area (Å²) in [7, 11) is 0. The molecule has 28 heavy (non-hydrogen) atoms. The van der Waals surface area contributed by atoms with Crippen molar-refractivity contribution in [2.24, 2.45) is 5.73 Å². The molecule has 4 N–H and O–H groups in total. The largest absolute Gasteiger partial charge is 0.371 e. The Balaban J connectivity index is 0.00000280. The van der Waals surface area contributed by atoms with Crippen LogP contribution in [0.25, 0.3) is 0 Å². The smallest absolute Gasteiger partial charge is 0.251 e. The number of rotatable bonds is 6. The summed E-state index contributed by atoms with van der Waals surface area (Å²) in [5, 5.41) is 5.61. The highest BCUT2D eigenvalue weighted by molar-refractivity contribution is 6.01. The number of carbonyl (C=O) groups is 2. The molecule has 1 aliphatic heterocycles. The van der Waals surface area contributed by atoms with Gasteiger partial charge in [-0.05, 0) is 55.7 Å². The first-order valence-corrected chi connectivity index (χ1v) is 9.32. The molecule has 0 aliphatic carbocycles. The van der Waals surface area contributed by atoms with Gasteiger partial charge in [0.2, 0.25) is 5.91 Å².